The van der Waals surface area contributed by atoms with Crippen LogP contribution in [-0.4, -0.2) is 0 Å². The van der Waals surface area contributed by atoms with E-state index < -0.39 is 0 Å². The van der Waals surface area contributed by atoms with Gasteiger partial charge in [-0.25, -0.2) is 0 Å². The van der Waals surface area contributed by atoms with Crippen LogP contribution in [0, 0.1) is 0 Å². The molecule has 0 saturated heterocycles. The normalized spacial score (nSPS) is 12.5. The first-order valence-corrected chi connectivity index (χ1v) is 18.1. The largest absolute Gasteiger partial charge is 0.0619 e. The minimum absolute atomic E-state index is 0.136. The van der Waals surface area contributed by atoms with Crippen molar-refractivity contribution in [3.05, 3.63) is 180 Å². The van der Waals surface area contributed by atoms with Crippen LogP contribution in [0.2, 0.25) is 0 Å². The van der Waals surface area contributed by atoms with Gasteiger partial charge in [-0.05, 0) is 116 Å². The predicted molar refractivity (Wildman–Crippen MR) is 219 cm³/mol. The fraction of sp³-hybridized carbons (Fsp3) is 0.0980. The molecule has 9 aromatic carbocycles. The minimum atomic E-state index is 0.136. The Balaban J connectivity index is 0.991. The number of fused-ring (bicyclic) bond motifs is 3. The highest BCUT2D eigenvalue weighted by molar-refractivity contribution is 6.27. The summed E-state index contributed by atoms with van der Waals surface area (Å²) >= 11 is 0. The van der Waals surface area contributed by atoms with Crippen LogP contribution in [0.4, 0.5) is 0 Å². The Hall–Kier alpha value is -5.98. The molecule has 0 fully saturated rings. The zero-order valence-electron chi connectivity index (χ0n) is 29.3. The van der Waals surface area contributed by atoms with Gasteiger partial charge in [0.05, 0.1) is 0 Å². The first-order valence-electron chi connectivity index (χ1n) is 18.1. The lowest BCUT2D eigenvalue weighted by atomic mass is 9.85. The second kappa shape index (κ2) is 11.3. The van der Waals surface area contributed by atoms with Crippen LogP contribution in [0.1, 0.15) is 37.5 Å². The van der Waals surface area contributed by atoms with Crippen LogP contribution >= 0.6 is 0 Å². The molecular weight excluding hydrogens is 613 g/mol. The van der Waals surface area contributed by atoms with Gasteiger partial charge in [-0.15, -0.1) is 0 Å². The van der Waals surface area contributed by atoms with Crippen molar-refractivity contribution in [2.24, 2.45) is 0 Å². The molecule has 0 nitrogen and oxygen atoms in total. The SMILES string of the molecule is CC(C)(C)c1ccc(-c2ccc3ccc4c(-c5ccc(-c6ccc(-c7cccc8c7Cc7ccccc7-8)cc6)cc5)ccc5ccc2c3c54)cc1. The smallest absolute Gasteiger partial charge is 0.000729 e. The predicted octanol–water partition coefficient (Wildman–Crippen LogP) is 14.1. The fourth-order valence-electron chi connectivity index (χ4n) is 8.57. The number of rotatable bonds is 4. The van der Waals surface area contributed by atoms with E-state index in [1.165, 1.54) is 105 Å². The maximum atomic E-state index is 2.32. The Morgan fingerprint density at radius 3 is 1.37 bits per heavy atom. The highest BCUT2D eigenvalue weighted by Gasteiger charge is 2.21. The topological polar surface area (TPSA) is 0 Å². The van der Waals surface area contributed by atoms with Gasteiger partial charge in [0.25, 0.3) is 0 Å². The van der Waals surface area contributed by atoms with Crippen molar-refractivity contribution in [3.63, 3.8) is 0 Å². The monoisotopic (exact) mass is 650 g/mol. The van der Waals surface area contributed by atoms with Crippen molar-refractivity contribution < 1.29 is 0 Å². The molecule has 0 bridgehead atoms. The molecule has 0 saturated carbocycles. The lowest BCUT2D eigenvalue weighted by Crippen LogP contribution is -2.10. The van der Waals surface area contributed by atoms with Crippen molar-refractivity contribution in [3.8, 4) is 55.6 Å². The second-order valence-electron chi connectivity index (χ2n) is 15.3. The summed E-state index contributed by atoms with van der Waals surface area (Å²) in [5.74, 6) is 0. The average Bonchev–Trinajstić information content (AvgIpc) is 3.56. The molecule has 0 atom stereocenters. The summed E-state index contributed by atoms with van der Waals surface area (Å²) in [6.45, 7) is 6.82. The second-order valence-corrected chi connectivity index (χ2v) is 15.3. The van der Waals surface area contributed by atoms with E-state index in [1.807, 2.05) is 0 Å². The van der Waals surface area contributed by atoms with E-state index in [0.29, 0.717) is 0 Å². The molecular formula is C51H38. The van der Waals surface area contributed by atoms with Crippen LogP contribution in [-0.2, 0) is 11.8 Å². The Labute approximate surface area is 300 Å². The van der Waals surface area contributed by atoms with Gasteiger partial charge >= 0.3 is 0 Å². The summed E-state index contributed by atoms with van der Waals surface area (Å²) in [5, 5.41) is 7.91. The zero-order valence-corrected chi connectivity index (χ0v) is 29.3. The van der Waals surface area contributed by atoms with Crippen LogP contribution < -0.4 is 0 Å². The molecule has 9 aromatic rings. The van der Waals surface area contributed by atoms with E-state index in [2.05, 4.69) is 185 Å². The third-order valence-electron chi connectivity index (χ3n) is 11.3. The highest BCUT2D eigenvalue weighted by Crippen LogP contribution is 2.44. The van der Waals surface area contributed by atoms with Gasteiger partial charge in [0.2, 0.25) is 0 Å². The molecule has 0 heterocycles. The molecule has 0 radical (unpaired) electrons. The molecule has 0 spiro atoms. The van der Waals surface area contributed by atoms with Gasteiger partial charge < -0.3 is 0 Å². The van der Waals surface area contributed by atoms with Crippen LogP contribution in [0.25, 0.3) is 88.0 Å². The standard InChI is InChI=1S/C51H38/c1-51(2,3)40-25-19-36(20-26-40)44-28-22-38-23-29-46-43(27-21-37-24-30-47(44)50(38)49(37)46)35-17-13-33(14-18-35)32-11-15-34(16-12-32)41-9-6-10-45-42-8-5-4-7-39(42)31-48(41)45/h4-30H,31H2,1-3H3. The van der Waals surface area contributed by atoms with Crippen molar-refractivity contribution in [1.29, 1.82) is 0 Å². The molecule has 0 unspecified atom stereocenters. The van der Waals surface area contributed by atoms with Crippen molar-refractivity contribution in [2.75, 3.05) is 0 Å². The average molecular weight is 651 g/mol. The fourth-order valence-corrected chi connectivity index (χ4v) is 8.57. The van der Waals surface area contributed by atoms with Gasteiger partial charge in [0.1, 0.15) is 0 Å². The summed E-state index contributed by atoms with van der Waals surface area (Å²) in [5.41, 5.74) is 17.3. The summed E-state index contributed by atoms with van der Waals surface area (Å²) in [6, 6.07) is 61.4. The third-order valence-corrected chi connectivity index (χ3v) is 11.3. The molecule has 0 amide bonds. The lowest BCUT2D eigenvalue weighted by Gasteiger charge is -2.20. The van der Waals surface area contributed by atoms with E-state index in [9.17, 15) is 0 Å². The van der Waals surface area contributed by atoms with E-state index in [1.54, 1.807) is 0 Å². The Morgan fingerprint density at radius 1 is 0.353 bits per heavy atom. The molecule has 0 aliphatic heterocycles. The Kier molecular flexibility index (Phi) is 6.61. The third kappa shape index (κ3) is 4.82. The lowest BCUT2D eigenvalue weighted by molar-refractivity contribution is 0.590. The summed E-state index contributed by atoms with van der Waals surface area (Å²) in [4.78, 5) is 0. The minimum Gasteiger partial charge on any atom is -0.0619 e. The molecule has 51 heavy (non-hydrogen) atoms. The van der Waals surface area contributed by atoms with Crippen molar-refractivity contribution >= 4 is 32.3 Å². The maximum Gasteiger partial charge on any atom is -0.000729 e. The summed E-state index contributed by atoms with van der Waals surface area (Å²) in [6.07, 6.45) is 1.00. The van der Waals surface area contributed by atoms with Gasteiger partial charge in [-0.1, -0.05) is 185 Å². The Bertz CT molecular complexity index is 2750. The molecule has 10 rings (SSSR count). The first-order chi connectivity index (χ1) is 24.9. The number of hydrogen-bond donors (Lipinski definition) is 0. The summed E-state index contributed by atoms with van der Waals surface area (Å²) < 4.78 is 0. The quantitative estimate of drug-likeness (QED) is 0.166. The van der Waals surface area contributed by atoms with Crippen molar-refractivity contribution in [2.45, 2.75) is 32.6 Å². The van der Waals surface area contributed by atoms with Crippen LogP contribution in [0.3, 0.4) is 0 Å². The molecule has 1 aliphatic rings. The van der Waals surface area contributed by atoms with Gasteiger partial charge in [-0.3, -0.25) is 0 Å². The van der Waals surface area contributed by atoms with E-state index in [0.717, 1.165) is 6.42 Å². The van der Waals surface area contributed by atoms with Crippen LogP contribution in [0.15, 0.2) is 164 Å². The maximum absolute atomic E-state index is 2.32. The molecule has 0 aromatic heterocycles. The molecule has 0 N–H and O–H groups in total. The first kappa shape index (κ1) is 29.9. The summed E-state index contributed by atoms with van der Waals surface area (Å²) in [7, 11) is 0. The number of benzene rings is 9. The van der Waals surface area contributed by atoms with Crippen LogP contribution in [0.5, 0.6) is 0 Å². The molecule has 0 heteroatoms. The van der Waals surface area contributed by atoms with Crippen molar-refractivity contribution in [1.82, 2.24) is 0 Å². The number of hydrogen-bond acceptors (Lipinski definition) is 0. The Morgan fingerprint density at radius 2 is 0.804 bits per heavy atom. The molecule has 1 aliphatic carbocycles. The van der Waals surface area contributed by atoms with Gasteiger partial charge in [0, 0.05) is 0 Å². The van der Waals surface area contributed by atoms with Gasteiger partial charge in [0.15, 0.2) is 0 Å². The van der Waals surface area contributed by atoms with E-state index in [4.69, 9.17) is 0 Å². The zero-order chi connectivity index (χ0) is 34.3. The van der Waals surface area contributed by atoms with E-state index in [-0.39, 0.29) is 5.41 Å². The molecule has 242 valence electrons. The van der Waals surface area contributed by atoms with E-state index >= 15 is 0 Å². The van der Waals surface area contributed by atoms with Gasteiger partial charge in [-0.2, -0.15) is 0 Å². The highest BCUT2D eigenvalue weighted by atomic mass is 14.2.